The van der Waals surface area contributed by atoms with E-state index in [1.807, 2.05) is 37.3 Å². The molecule has 2 aromatic heterocycles. The van der Waals surface area contributed by atoms with Crippen LogP contribution in [0.1, 0.15) is 5.69 Å². The normalized spacial score (nSPS) is 15.4. The number of para-hydroxylation sites is 1. The van der Waals surface area contributed by atoms with Crippen LogP contribution in [0, 0.1) is 6.92 Å². The predicted molar refractivity (Wildman–Crippen MR) is 102 cm³/mol. The number of rotatable bonds is 3. The Morgan fingerprint density at radius 2 is 1.81 bits per heavy atom. The first-order valence-corrected chi connectivity index (χ1v) is 8.77. The predicted octanol–water partition coefficient (Wildman–Crippen LogP) is 1.68. The van der Waals surface area contributed by atoms with E-state index in [9.17, 15) is 4.79 Å². The van der Waals surface area contributed by atoms with Crippen LogP contribution in [-0.4, -0.2) is 57.9 Å². The molecule has 134 valence electrons. The average molecular weight is 350 g/mol. The lowest BCUT2D eigenvalue weighted by molar-refractivity contribution is 0.311. The summed E-state index contributed by atoms with van der Waals surface area (Å²) in [6.45, 7) is 5.83. The van der Waals surface area contributed by atoms with Crippen molar-refractivity contribution in [1.82, 2.24) is 24.6 Å². The Hall–Kier alpha value is -2.93. The zero-order chi connectivity index (χ0) is 18.1. The molecule has 0 aliphatic carbocycles. The molecular weight excluding hydrogens is 328 g/mol. The summed E-state index contributed by atoms with van der Waals surface area (Å²) in [5, 5.41) is 3.16. The molecule has 1 saturated heterocycles. The van der Waals surface area contributed by atoms with E-state index in [2.05, 4.69) is 31.9 Å². The summed E-state index contributed by atoms with van der Waals surface area (Å²) in [6.07, 6.45) is 1.80. The number of aromatic amines is 1. The highest BCUT2D eigenvalue weighted by Crippen LogP contribution is 2.21. The van der Waals surface area contributed by atoms with Crippen molar-refractivity contribution < 1.29 is 0 Å². The van der Waals surface area contributed by atoms with Gasteiger partial charge in [-0.05, 0) is 26.1 Å². The summed E-state index contributed by atoms with van der Waals surface area (Å²) in [5.74, 6) is 0.754. The van der Waals surface area contributed by atoms with Crippen molar-refractivity contribution in [2.45, 2.75) is 6.92 Å². The molecule has 1 N–H and O–H groups in total. The van der Waals surface area contributed by atoms with Crippen molar-refractivity contribution in [3.63, 3.8) is 0 Å². The zero-order valence-corrected chi connectivity index (χ0v) is 15.0. The molecule has 1 fully saturated rings. The van der Waals surface area contributed by atoms with Gasteiger partial charge in [0.2, 0.25) is 5.95 Å². The van der Waals surface area contributed by atoms with Gasteiger partial charge in [-0.2, -0.15) is 0 Å². The Bertz CT molecular complexity index is 954. The number of hydrogen-bond acceptors (Lipinski definition) is 5. The van der Waals surface area contributed by atoms with Gasteiger partial charge in [-0.15, -0.1) is 0 Å². The number of nitrogens with zero attached hydrogens (tertiary/aromatic N) is 5. The first-order chi connectivity index (χ1) is 12.6. The highest BCUT2D eigenvalue weighted by Gasteiger charge is 2.18. The lowest BCUT2D eigenvalue weighted by Gasteiger charge is -2.32. The molecule has 0 bridgehead atoms. The van der Waals surface area contributed by atoms with Crippen LogP contribution in [0.4, 0.5) is 5.95 Å². The number of likely N-dealkylation sites (N-methyl/N-ethyl adjacent to an activating group) is 1. The standard InChI is InChI=1S/C19H22N6O/c1-14-16(13-20-19(21-14)24-10-8-23(2)9-11-24)17-12-18(26)25(22-17)15-6-4-3-5-7-15/h3-7,12-13,22H,8-11H2,1-2H3. The number of nitrogens with one attached hydrogen (secondary N) is 1. The summed E-state index contributed by atoms with van der Waals surface area (Å²) in [7, 11) is 2.13. The van der Waals surface area contributed by atoms with Gasteiger partial charge in [0.05, 0.1) is 17.1 Å². The monoisotopic (exact) mass is 350 g/mol. The first kappa shape index (κ1) is 16.5. The van der Waals surface area contributed by atoms with E-state index in [1.165, 1.54) is 4.68 Å². The first-order valence-electron chi connectivity index (χ1n) is 8.77. The van der Waals surface area contributed by atoms with Gasteiger partial charge in [-0.3, -0.25) is 9.89 Å². The molecule has 7 heteroatoms. The Labute approximate surface area is 151 Å². The second-order valence-corrected chi connectivity index (χ2v) is 6.64. The Morgan fingerprint density at radius 3 is 2.50 bits per heavy atom. The minimum atomic E-state index is -0.103. The van der Waals surface area contributed by atoms with E-state index >= 15 is 0 Å². The van der Waals surface area contributed by atoms with Crippen molar-refractivity contribution in [3.05, 3.63) is 58.6 Å². The number of benzene rings is 1. The lowest BCUT2D eigenvalue weighted by atomic mass is 10.2. The quantitative estimate of drug-likeness (QED) is 0.778. The summed E-state index contributed by atoms with van der Waals surface area (Å²) in [5.41, 5.74) is 3.12. The molecule has 0 spiro atoms. The van der Waals surface area contributed by atoms with Gasteiger partial charge in [0, 0.05) is 44.0 Å². The van der Waals surface area contributed by atoms with Crippen LogP contribution in [0.3, 0.4) is 0 Å². The fourth-order valence-corrected chi connectivity index (χ4v) is 3.18. The largest absolute Gasteiger partial charge is 0.338 e. The summed E-state index contributed by atoms with van der Waals surface area (Å²) in [4.78, 5) is 26.1. The fraction of sp³-hybridized carbons (Fsp3) is 0.316. The van der Waals surface area contributed by atoms with Gasteiger partial charge in [0.15, 0.2) is 0 Å². The molecular formula is C19H22N6O. The third-order valence-electron chi connectivity index (χ3n) is 4.78. The molecule has 3 heterocycles. The number of anilines is 1. The third-order valence-corrected chi connectivity index (χ3v) is 4.78. The van der Waals surface area contributed by atoms with Crippen LogP contribution in [0.15, 0.2) is 47.4 Å². The fourth-order valence-electron chi connectivity index (χ4n) is 3.18. The lowest BCUT2D eigenvalue weighted by Crippen LogP contribution is -2.45. The molecule has 7 nitrogen and oxygen atoms in total. The van der Waals surface area contributed by atoms with Crippen molar-refractivity contribution in [3.8, 4) is 16.9 Å². The van der Waals surface area contributed by atoms with E-state index in [4.69, 9.17) is 0 Å². The molecule has 26 heavy (non-hydrogen) atoms. The third kappa shape index (κ3) is 3.13. The highest BCUT2D eigenvalue weighted by molar-refractivity contribution is 5.61. The number of hydrogen-bond donors (Lipinski definition) is 1. The van der Waals surface area contributed by atoms with Crippen LogP contribution in [0.25, 0.3) is 16.9 Å². The van der Waals surface area contributed by atoms with Crippen LogP contribution in [0.5, 0.6) is 0 Å². The van der Waals surface area contributed by atoms with E-state index in [1.54, 1.807) is 12.3 Å². The van der Waals surface area contributed by atoms with Crippen molar-refractivity contribution in [1.29, 1.82) is 0 Å². The number of aryl methyl sites for hydroxylation is 1. The SMILES string of the molecule is Cc1nc(N2CCN(C)CC2)ncc1-c1cc(=O)n(-c2ccccc2)[nH]1. The maximum Gasteiger partial charge on any atom is 0.271 e. The molecule has 0 amide bonds. The molecule has 3 aromatic rings. The Balaban J connectivity index is 1.64. The number of aromatic nitrogens is 4. The maximum absolute atomic E-state index is 12.3. The molecule has 0 unspecified atom stereocenters. The van der Waals surface area contributed by atoms with Gasteiger partial charge in [-0.1, -0.05) is 18.2 Å². The Morgan fingerprint density at radius 1 is 1.08 bits per heavy atom. The van der Waals surface area contributed by atoms with E-state index in [0.717, 1.165) is 54.8 Å². The molecule has 0 saturated carbocycles. The van der Waals surface area contributed by atoms with Gasteiger partial charge in [-0.25, -0.2) is 14.6 Å². The van der Waals surface area contributed by atoms with Crippen LogP contribution in [-0.2, 0) is 0 Å². The molecule has 1 aliphatic heterocycles. The Kier molecular flexibility index (Phi) is 4.30. The molecule has 0 radical (unpaired) electrons. The molecule has 1 aromatic carbocycles. The molecule has 4 rings (SSSR count). The summed E-state index contributed by atoms with van der Waals surface area (Å²) >= 11 is 0. The highest BCUT2D eigenvalue weighted by atomic mass is 16.1. The van der Waals surface area contributed by atoms with Gasteiger partial charge in [0.1, 0.15) is 0 Å². The molecule has 0 atom stereocenters. The van der Waals surface area contributed by atoms with E-state index in [-0.39, 0.29) is 5.56 Å². The topological polar surface area (TPSA) is 70.1 Å². The van der Waals surface area contributed by atoms with Crippen molar-refractivity contribution >= 4 is 5.95 Å². The second-order valence-electron chi connectivity index (χ2n) is 6.64. The average Bonchev–Trinajstić information content (AvgIpc) is 3.04. The maximum atomic E-state index is 12.3. The van der Waals surface area contributed by atoms with Crippen LogP contribution in [0.2, 0.25) is 0 Å². The van der Waals surface area contributed by atoms with Crippen LogP contribution >= 0.6 is 0 Å². The van der Waals surface area contributed by atoms with Crippen LogP contribution < -0.4 is 10.5 Å². The minimum Gasteiger partial charge on any atom is -0.338 e. The van der Waals surface area contributed by atoms with Gasteiger partial charge >= 0.3 is 0 Å². The summed E-state index contributed by atoms with van der Waals surface area (Å²) < 4.78 is 1.53. The van der Waals surface area contributed by atoms with E-state index < -0.39 is 0 Å². The van der Waals surface area contributed by atoms with Crippen molar-refractivity contribution in [2.24, 2.45) is 0 Å². The zero-order valence-electron chi connectivity index (χ0n) is 15.0. The smallest absolute Gasteiger partial charge is 0.271 e. The molecule has 1 aliphatic rings. The van der Waals surface area contributed by atoms with Gasteiger partial charge < -0.3 is 9.80 Å². The second kappa shape index (κ2) is 6.76. The minimum absolute atomic E-state index is 0.103. The summed E-state index contributed by atoms with van der Waals surface area (Å²) in [6, 6.07) is 11.1. The van der Waals surface area contributed by atoms with E-state index in [0.29, 0.717) is 0 Å². The number of piperazine rings is 1. The van der Waals surface area contributed by atoms with Gasteiger partial charge in [0.25, 0.3) is 5.56 Å². The van der Waals surface area contributed by atoms with Crippen molar-refractivity contribution in [2.75, 3.05) is 38.1 Å². The number of H-pyrrole nitrogens is 1.